The van der Waals surface area contributed by atoms with Gasteiger partial charge in [0.25, 0.3) is 5.91 Å². The fourth-order valence-electron chi connectivity index (χ4n) is 1.91. The van der Waals surface area contributed by atoms with Crippen molar-refractivity contribution < 1.29 is 4.79 Å². The molecule has 2 aromatic carbocycles. The number of carbonyl (C=O) groups excluding carboxylic acids is 1. The highest BCUT2D eigenvalue weighted by Gasteiger charge is 2.06. The minimum atomic E-state index is -0.221. The van der Waals surface area contributed by atoms with Crippen LogP contribution in [-0.2, 0) is 0 Å². The Kier molecular flexibility index (Phi) is 4.38. The Bertz CT molecular complexity index is 705. The Morgan fingerprint density at radius 1 is 1.05 bits per heavy atom. The molecule has 0 fully saturated rings. The third kappa shape index (κ3) is 3.69. The number of anilines is 1. The summed E-state index contributed by atoms with van der Waals surface area (Å²) in [6, 6.07) is 13.0. The number of nitrogens with two attached hydrogens (primary N) is 1. The highest BCUT2D eigenvalue weighted by atomic mass is 16.2. The van der Waals surface area contributed by atoms with E-state index in [2.05, 4.69) is 10.5 Å². The van der Waals surface area contributed by atoms with E-state index in [4.69, 9.17) is 5.73 Å². The lowest BCUT2D eigenvalue weighted by molar-refractivity contribution is 0.0954. The first-order valence-corrected chi connectivity index (χ1v) is 6.75. The molecular weight excluding hydrogens is 262 g/mol. The standard InChI is InChI=1S/C17H19N3O/c1-11-7-8-15(9-12(11)2)17(21)20-19-13(3)14-5-4-6-16(18)10-14/h4-10H,18H2,1-3H3,(H,20,21). The molecule has 0 radical (unpaired) electrons. The zero-order valence-electron chi connectivity index (χ0n) is 12.5. The van der Waals surface area contributed by atoms with Gasteiger partial charge in [0.2, 0.25) is 0 Å². The van der Waals surface area contributed by atoms with Gasteiger partial charge in [0.1, 0.15) is 0 Å². The van der Waals surface area contributed by atoms with Gasteiger partial charge in [0, 0.05) is 11.3 Å². The summed E-state index contributed by atoms with van der Waals surface area (Å²) >= 11 is 0. The topological polar surface area (TPSA) is 67.5 Å². The Hall–Kier alpha value is -2.62. The monoisotopic (exact) mass is 281 g/mol. The van der Waals surface area contributed by atoms with E-state index in [-0.39, 0.29) is 5.91 Å². The van der Waals surface area contributed by atoms with Crippen molar-refractivity contribution in [2.75, 3.05) is 5.73 Å². The lowest BCUT2D eigenvalue weighted by Crippen LogP contribution is -2.19. The largest absolute Gasteiger partial charge is 0.399 e. The maximum absolute atomic E-state index is 12.1. The highest BCUT2D eigenvalue weighted by Crippen LogP contribution is 2.10. The van der Waals surface area contributed by atoms with Gasteiger partial charge in [-0.25, -0.2) is 5.43 Å². The molecule has 0 saturated heterocycles. The summed E-state index contributed by atoms with van der Waals surface area (Å²) in [5.74, 6) is -0.221. The third-order valence-electron chi connectivity index (χ3n) is 3.40. The quantitative estimate of drug-likeness (QED) is 0.516. The van der Waals surface area contributed by atoms with Crippen molar-refractivity contribution in [1.29, 1.82) is 0 Å². The van der Waals surface area contributed by atoms with Crippen molar-refractivity contribution in [2.24, 2.45) is 5.10 Å². The molecule has 1 amide bonds. The molecule has 0 bridgehead atoms. The van der Waals surface area contributed by atoms with Gasteiger partial charge in [0.05, 0.1) is 5.71 Å². The van der Waals surface area contributed by atoms with Gasteiger partial charge in [-0.1, -0.05) is 18.2 Å². The predicted molar refractivity (Wildman–Crippen MR) is 86.4 cm³/mol. The number of rotatable bonds is 3. The smallest absolute Gasteiger partial charge is 0.271 e. The number of aryl methyl sites for hydroxylation is 2. The number of nitrogens with zero attached hydrogens (tertiary/aromatic N) is 1. The van der Waals surface area contributed by atoms with Gasteiger partial charge < -0.3 is 5.73 Å². The molecule has 0 heterocycles. The van der Waals surface area contributed by atoms with Crippen LogP contribution in [-0.4, -0.2) is 11.6 Å². The van der Waals surface area contributed by atoms with Gasteiger partial charge in [-0.05, 0) is 61.7 Å². The first-order chi connectivity index (χ1) is 9.97. The number of carbonyl (C=O) groups is 1. The summed E-state index contributed by atoms with van der Waals surface area (Å²) in [4.78, 5) is 12.1. The molecule has 0 saturated carbocycles. The van der Waals surface area contributed by atoms with E-state index in [1.54, 1.807) is 6.07 Å². The Balaban J connectivity index is 2.12. The predicted octanol–water partition coefficient (Wildman–Crippen LogP) is 3.04. The van der Waals surface area contributed by atoms with Gasteiger partial charge in [0.15, 0.2) is 0 Å². The molecule has 3 N–H and O–H groups in total. The number of amides is 1. The van der Waals surface area contributed by atoms with Gasteiger partial charge in [-0.15, -0.1) is 0 Å². The summed E-state index contributed by atoms with van der Waals surface area (Å²) in [5, 5.41) is 4.13. The van der Waals surface area contributed by atoms with E-state index in [1.807, 2.05) is 57.2 Å². The van der Waals surface area contributed by atoms with Crippen molar-refractivity contribution in [3.8, 4) is 0 Å². The van der Waals surface area contributed by atoms with Crippen LogP contribution in [0.25, 0.3) is 0 Å². The van der Waals surface area contributed by atoms with E-state index >= 15 is 0 Å². The van der Waals surface area contributed by atoms with Gasteiger partial charge in [-0.2, -0.15) is 5.10 Å². The lowest BCUT2D eigenvalue weighted by Gasteiger charge is -2.05. The average molecular weight is 281 g/mol. The molecule has 0 aliphatic heterocycles. The molecule has 0 aliphatic rings. The number of benzene rings is 2. The number of hydrogen-bond donors (Lipinski definition) is 2. The van der Waals surface area contributed by atoms with Crippen LogP contribution >= 0.6 is 0 Å². The highest BCUT2D eigenvalue weighted by molar-refractivity contribution is 6.01. The molecule has 0 spiro atoms. The Morgan fingerprint density at radius 2 is 1.81 bits per heavy atom. The van der Waals surface area contributed by atoms with Crippen LogP contribution in [0.1, 0.15) is 34.0 Å². The minimum absolute atomic E-state index is 0.221. The second-order valence-corrected chi connectivity index (χ2v) is 5.06. The molecule has 2 rings (SSSR count). The van der Waals surface area contributed by atoms with Crippen molar-refractivity contribution in [3.63, 3.8) is 0 Å². The van der Waals surface area contributed by atoms with Crippen molar-refractivity contribution in [1.82, 2.24) is 5.43 Å². The van der Waals surface area contributed by atoms with Crippen LogP contribution in [0.15, 0.2) is 47.6 Å². The SMILES string of the molecule is CC(=NNC(=O)c1ccc(C)c(C)c1)c1cccc(N)c1. The Morgan fingerprint density at radius 3 is 2.48 bits per heavy atom. The summed E-state index contributed by atoms with van der Waals surface area (Å²) in [6.07, 6.45) is 0. The molecule has 21 heavy (non-hydrogen) atoms. The summed E-state index contributed by atoms with van der Waals surface area (Å²) in [5.41, 5.74) is 13.4. The van der Waals surface area contributed by atoms with E-state index in [9.17, 15) is 4.79 Å². The van der Waals surface area contributed by atoms with E-state index in [0.717, 1.165) is 16.7 Å². The zero-order valence-corrected chi connectivity index (χ0v) is 12.5. The molecule has 0 aromatic heterocycles. The van der Waals surface area contributed by atoms with Crippen LogP contribution in [0.5, 0.6) is 0 Å². The molecule has 4 heteroatoms. The number of nitrogens with one attached hydrogen (secondary N) is 1. The lowest BCUT2D eigenvalue weighted by atomic mass is 10.1. The zero-order chi connectivity index (χ0) is 15.4. The molecular formula is C17H19N3O. The molecule has 2 aromatic rings. The number of hydrazone groups is 1. The van der Waals surface area contributed by atoms with Crippen LogP contribution in [0.4, 0.5) is 5.69 Å². The van der Waals surface area contributed by atoms with Crippen molar-refractivity contribution >= 4 is 17.3 Å². The van der Waals surface area contributed by atoms with Crippen molar-refractivity contribution in [3.05, 3.63) is 64.7 Å². The molecule has 4 nitrogen and oxygen atoms in total. The summed E-state index contributed by atoms with van der Waals surface area (Å²) in [6.45, 7) is 5.82. The minimum Gasteiger partial charge on any atom is -0.399 e. The fraction of sp³-hybridized carbons (Fsp3) is 0.176. The second kappa shape index (κ2) is 6.22. The summed E-state index contributed by atoms with van der Waals surface area (Å²) in [7, 11) is 0. The van der Waals surface area contributed by atoms with Gasteiger partial charge in [-0.3, -0.25) is 4.79 Å². The van der Waals surface area contributed by atoms with Gasteiger partial charge >= 0.3 is 0 Å². The number of hydrogen-bond acceptors (Lipinski definition) is 3. The van der Waals surface area contributed by atoms with Crippen LogP contribution in [0.2, 0.25) is 0 Å². The van der Waals surface area contributed by atoms with E-state index in [0.29, 0.717) is 17.0 Å². The van der Waals surface area contributed by atoms with E-state index < -0.39 is 0 Å². The maximum atomic E-state index is 12.1. The van der Waals surface area contributed by atoms with E-state index in [1.165, 1.54) is 0 Å². The fourth-order valence-corrected chi connectivity index (χ4v) is 1.91. The number of nitrogen functional groups attached to an aromatic ring is 1. The van der Waals surface area contributed by atoms with Crippen LogP contribution in [0.3, 0.4) is 0 Å². The first kappa shape index (κ1) is 14.8. The second-order valence-electron chi connectivity index (χ2n) is 5.06. The first-order valence-electron chi connectivity index (χ1n) is 6.75. The van der Waals surface area contributed by atoms with Crippen LogP contribution in [0, 0.1) is 13.8 Å². The van der Waals surface area contributed by atoms with Crippen LogP contribution < -0.4 is 11.2 Å². The molecule has 0 unspecified atom stereocenters. The summed E-state index contributed by atoms with van der Waals surface area (Å²) < 4.78 is 0. The molecule has 108 valence electrons. The Labute approximate surface area is 124 Å². The maximum Gasteiger partial charge on any atom is 0.271 e. The third-order valence-corrected chi connectivity index (χ3v) is 3.40. The van der Waals surface area contributed by atoms with Crippen molar-refractivity contribution in [2.45, 2.75) is 20.8 Å². The molecule has 0 atom stereocenters. The molecule has 0 aliphatic carbocycles. The normalized spacial score (nSPS) is 11.3. The average Bonchev–Trinajstić information content (AvgIpc) is 2.47.